The number of thiophene rings is 1. The van der Waals surface area contributed by atoms with Crippen molar-refractivity contribution in [3.63, 3.8) is 0 Å². The number of amides is 2. The minimum Gasteiger partial charge on any atom is -0.471 e. The molecule has 7 rings (SSSR count). The molecule has 2 N–H and O–H groups in total. The molecular weight excluding hydrogens is 679 g/mol. The van der Waals surface area contributed by atoms with Gasteiger partial charge >= 0.3 is 13.2 Å². The number of imidazole rings is 1. The molecule has 2 aromatic carbocycles. The highest BCUT2D eigenvalue weighted by Crippen LogP contribution is 2.39. The van der Waals surface area contributed by atoms with E-state index >= 15 is 0 Å². The van der Waals surface area contributed by atoms with E-state index in [2.05, 4.69) is 10.3 Å². The van der Waals surface area contributed by atoms with Gasteiger partial charge in [0.05, 0.1) is 58.7 Å². The standard InChI is InChI=1S/C38H43BN6O6S/c1-22(2)31(44-36(47)48-7)35(46)45-21-25(49-34-32(30-13-10-18-52-30)41-26-11-8-9-12-27(26)43-34)19-29(45)33-40-20-28(42-33)23-14-16-24(17-15-23)39-50-37(3,4)38(5,6)51-39/h8-18,20,22,25,29,31H,19,21H2,1-7H3,(H,40,42)(H,44,47)/t25-,29-,31?/m0/s1. The monoisotopic (exact) mass is 722 g/mol. The molecule has 2 amide bonds. The number of nitrogens with one attached hydrogen (secondary N) is 2. The Kier molecular flexibility index (Phi) is 9.57. The van der Waals surface area contributed by atoms with Gasteiger partial charge in [-0.3, -0.25) is 4.79 Å². The van der Waals surface area contributed by atoms with Crippen molar-refractivity contribution in [3.05, 3.63) is 78.1 Å². The molecule has 12 nitrogen and oxygen atoms in total. The maximum atomic E-state index is 14.3. The second-order valence-corrected chi connectivity index (χ2v) is 15.5. The molecule has 2 saturated heterocycles. The van der Waals surface area contributed by atoms with E-state index in [0.29, 0.717) is 29.3 Å². The molecule has 5 aromatic rings. The number of rotatable bonds is 9. The number of alkyl carbamates (subject to hydrolysis) is 1. The number of nitrogens with zero attached hydrogens (tertiary/aromatic N) is 4. The number of likely N-dealkylation sites (tertiary alicyclic amines) is 1. The number of carbonyl (C=O) groups is 2. The van der Waals surface area contributed by atoms with Crippen LogP contribution in [0.3, 0.4) is 0 Å². The number of para-hydroxylation sites is 2. The van der Waals surface area contributed by atoms with Crippen LogP contribution in [0.1, 0.15) is 59.8 Å². The van der Waals surface area contributed by atoms with Crippen LogP contribution < -0.4 is 15.5 Å². The van der Waals surface area contributed by atoms with Crippen molar-refractivity contribution in [2.75, 3.05) is 13.7 Å². The van der Waals surface area contributed by atoms with Crippen molar-refractivity contribution in [1.29, 1.82) is 0 Å². The highest BCUT2D eigenvalue weighted by atomic mass is 32.1. The van der Waals surface area contributed by atoms with E-state index < -0.39 is 42.6 Å². The van der Waals surface area contributed by atoms with Crippen molar-refractivity contribution in [2.45, 2.75) is 77.4 Å². The van der Waals surface area contributed by atoms with Crippen molar-refractivity contribution < 1.29 is 28.4 Å². The molecule has 1 unspecified atom stereocenters. The number of hydrogen-bond donors (Lipinski definition) is 2. The quantitative estimate of drug-likeness (QED) is 0.172. The molecule has 2 aliphatic heterocycles. The predicted octanol–water partition coefficient (Wildman–Crippen LogP) is 6.15. The van der Waals surface area contributed by atoms with Gasteiger partial charge in [0.25, 0.3) is 0 Å². The molecule has 2 fully saturated rings. The third-order valence-electron chi connectivity index (χ3n) is 10.2. The van der Waals surface area contributed by atoms with Crippen LogP contribution in [-0.4, -0.2) is 81.0 Å². The van der Waals surface area contributed by atoms with E-state index in [9.17, 15) is 9.59 Å². The number of H-pyrrole nitrogens is 1. The Hall–Kier alpha value is -4.79. The number of fused-ring (bicyclic) bond motifs is 1. The van der Waals surface area contributed by atoms with Crippen LogP contribution >= 0.6 is 11.3 Å². The first-order valence-electron chi connectivity index (χ1n) is 17.5. The van der Waals surface area contributed by atoms with Gasteiger partial charge in [0.15, 0.2) is 0 Å². The Morgan fingerprint density at radius 2 is 1.69 bits per heavy atom. The molecule has 0 saturated carbocycles. The smallest absolute Gasteiger partial charge is 0.471 e. The van der Waals surface area contributed by atoms with Gasteiger partial charge in [0.2, 0.25) is 11.8 Å². The number of methoxy groups -OCH3 is 1. The van der Waals surface area contributed by atoms with Gasteiger partial charge in [0.1, 0.15) is 23.7 Å². The molecule has 0 bridgehead atoms. The Bertz CT molecular complexity index is 2050. The lowest BCUT2D eigenvalue weighted by Crippen LogP contribution is -2.51. The van der Waals surface area contributed by atoms with Gasteiger partial charge in [-0.2, -0.15) is 0 Å². The maximum absolute atomic E-state index is 14.3. The second kappa shape index (κ2) is 14.0. The van der Waals surface area contributed by atoms with E-state index in [1.54, 1.807) is 22.4 Å². The van der Waals surface area contributed by atoms with Crippen molar-refractivity contribution >= 4 is 47.0 Å². The van der Waals surface area contributed by atoms with Crippen molar-refractivity contribution in [2.24, 2.45) is 5.92 Å². The van der Waals surface area contributed by atoms with Gasteiger partial charge in [-0.25, -0.2) is 19.7 Å². The lowest BCUT2D eigenvalue weighted by atomic mass is 9.79. The Morgan fingerprint density at radius 3 is 2.33 bits per heavy atom. The van der Waals surface area contributed by atoms with E-state index in [1.807, 2.05) is 108 Å². The third kappa shape index (κ3) is 6.90. The Labute approximate surface area is 307 Å². The summed E-state index contributed by atoms with van der Waals surface area (Å²) in [5.74, 6) is 0.533. The fraction of sp³-hybridized carbons (Fsp3) is 0.395. The van der Waals surface area contributed by atoms with Crippen molar-refractivity contribution in [1.82, 2.24) is 30.2 Å². The highest BCUT2D eigenvalue weighted by molar-refractivity contribution is 7.13. The number of benzene rings is 2. The van der Waals surface area contributed by atoms with Crippen LogP contribution in [0.25, 0.3) is 32.9 Å². The number of hydrogen-bond acceptors (Lipinski definition) is 10. The zero-order valence-corrected chi connectivity index (χ0v) is 31.2. The van der Waals surface area contributed by atoms with Crippen LogP contribution in [-0.2, 0) is 18.8 Å². The molecular formula is C38H43BN6O6S. The summed E-state index contributed by atoms with van der Waals surface area (Å²) in [6.45, 7) is 12.1. The van der Waals surface area contributed by atoms with Gasteiger partial charge < -0.3 is 34.0 Å². The summed E-state index contributed by atoms with van der Waals surface area (Å²) < 4.78 is 24.0. The van der Waals surface area contributed by atoms with Crippen LogP contribution in [0.2, 0.25) is 0 Å². The van der Waals surface area contributed by atoms with E-state index in [0.717, 1.165) is 27.1 Å². The molecule has 0 aliphatic carbocycles. The molecule has 270 valence electrons. The third-order valence-corrected chi connectivity index (χ3v) is 11.0. The van der Waals surface area contributed by atoms with Crippen LogP contribution in [0.4, 0.5) is 4.79 Å². The highest BCUT2D eigenvalue weighted by Gasteiger charge is 2.51. The molecule has 52 heavy (non-hydrogen) atoms. The summed E-state index contributed by atoms with van der Waals surface area (Å²) in [4.78, 5) is 47.3. The van der Waals surface area contributed by atoms with Crippen LogP contribution in [0.5, 0.6) is 5.88 Å². The van der Waals surface area contributed by atoms with Gasteiger partial charge in [-0.15, -0.1) is 11.3 Å². The van der Waals surface area contributed by atoms with Gasteiger partial charge in [0, 0.05) is 6.42 Å². The minimum atomic E-state index is -0.826. The van der Waals surface area contributed by atoms with Crippen molar-refractivity contribution in [3.8, 4) is 27.7 Å². The summed E-state index contributed by atoms with van der Waals surface area (Å²) in [7, 11) is 0.813. The fourth-order valence-electron chi connectivity index (χ4n) is 6.51. The number of ether oxygens (including phenoxy) is 2. The van der Waals surface area contributed by atoms with E-state index in [4.69, 9.17) is 33.7 Å². The molecule has 3 atom stereocenters. The lowest BCUT2D eigenvalue weighted by Gasteiger charge is -2.32. The average molecular weight is 723 g/mol. The van der Waals surface area contributed by atoms with E-state index in [1.165, 1.54) is 7.11 Å². The molecule has 5 heterocycles. The minimum absolute atomic E-state index is 0.210. The maximum Gasteiger partial charge on any atom is 0.494 e. The average Bonchev–Trinajstić information content (AvgIpc) is 3.93. The number of aromatic nitrogens is 4. The molecule has 14 heteroatoms. The lowest BCUT2D eigenvalue weighted by molar-refractivity contribution is -0.135. The van der Waals surface area contributed by atoms with Gasteiger partial charge in [-0.1, -0.05) is 56.3 Å². The summed E-state index contributed by atoms with van der Waals surface area (Å²) >= 11 is 1.55. The summed E-state index contributed by atoms with van der Waals surface area (Å²) in [6.07, 6.45) is 1.08. The predicted molar refractivity (Wildman–Crippen MR) is 200 cm³/mol. The SMILES string of the molecule is COC(=O)NC(C(=O)N1C[C@@H](Oc2nc3ccccc3nc2-c2cccs2)C[C@H]1c1ncc(-c2ccc(B3OC(C)(C)C(C)(C)O3)cc2)[nH]1)C(C)C. The van der Waals surface area contributed by atoms with Crippen LogP contribution in [0, 0.1) is 5.92 Å². The number of carbonyl (C=O) groups excluding carboxylic acids is 2. The summed E-state index contributed by atoms with van der Waals surface area (Å²) in [5, 5.41) is 4.72. The molecule has 0 spiro atoms. The first-order chi connectivity index (χ1) is 24.8. The first kappa shape index (κ1) is 35.6. The van der Waals surface area contributed by atoms with E-state index in [-0.39, 0.29) is 18.4 Å². The summed E-state index contributed by atoms with van der Waals surface area (Å²) in [6, 6.07) is 18.3. The topological polar surface area (TPSA) is 141 Å². The zero-order valence-electron chi connectivity index (χ0n) is 30.4. The Morgan fingerprint density at radius 1 is 1.00 bits per heavy atom. The normalized spacial score (nSPS) is 20.0. The fourth-order valence-corrected chi connectivity index (χ4v) is 7.22. The molecule has 2 aliphatic rings. The first-order valence-corrected chi connectivity index (χ1v) is 18.3. The van der Waals surface area contributed by atoms with Gasteiger partial charge in [-0.05, 0) is 68.2 Å². The number of aromatic amines is 1. The zero-order chi connectivity index (χ0) is 36.8. The second-order valence-electron chi connectivity index (χ2n) is 14.6. The largest absolute Gasteiger partial charge is 0.494 e. The molecule has 3 aromatic heterocycles. The Balaban J connectivity index is 1.18. The summed E-state index contributed by atoms with van der Waals surface area (Å²) in [5.41, 5.74) is 3.88. The van der Waals surface area contributed by atoms with Crippen LogP contribution in [0.15, 0.2) is 72.2 Å². The molecule has 0 radical (unpaired) electrons.